The minimum atomic E-state index is -1.93. The number of thioether (sulfide) groups is 2. The third-order valence-corrected chi connectivity index (χ3v) is 20.6. The number of likely N-dealkylation sites (tertiary alicyclic amines) is 1. The Morgan fingerprint density at radius 1 is 0.675 bits per heavy atom. The van der Waals surface area contributed by atoms with Crippen LogP contribution in [0.5, 0.6) is 0 Å². The van der Waals surface area contributed by atoms with Crippen molar-refractivity contribution in [3.05, 3.63) is 96.8 Å². The molecule has 5 aromatic rings. The number of aliphatic hydroxyl groups excluding tert-OH is 1. The Morgan fingerprint density at radius 2 is 1.22 bits per heavy atom. The summed E-state index contributed by atoms with van der Waals surface area (Å²) in [6.07, 6.45) is 4.81. The van der Waals surface area contributed by atoms with E-state index in [1.165, 1.54) is 28.2 Å². The number of guanidine groups is 1. The number of aromatic nitrogens is 4. The Morgan fingerprint density at radius 3 is 1.79 bits per heavy atom. The molecule has 0 saturated carbocycles. The smallest absolute Gasteiger partial charge is 0.481 e. The van der Waals surface area contributed by atoms with E-state index in [2.05, 4.69) is 73.8 Å². The van der Waals surface area contributed by atoms with Gasteiger partial charge in [-0.2, -0.15) is 59.0 Å². The zero-order valence-electron chi connectivity index (χ0n) is 66.0. The number of nitrogens with two attached hydrogens (primary N) is 5. The van der Waals surface area contributed by atoms with E-state index in [0.29, 0.717) is 58.4 Å². The van der Waals surface area contributed by atoms with Gasteiger partial charge in [-0.15, -0.1) is 12.1 Å². The van der Waals surface area contributed by atoms with Gasteiger partial charge in [-0.1, -0.05) is 69.5 Å². The van der Waals surface area contributed by atoms with Crippen LogP contribution < -0.4 is 87.2 Å². The molecule has 0 aliphatic carbocycles. The van der Waals surface area contributed by atoms with Crippen molar-refractivity contribution < 1.29 is 99.2 Å². The number of hydrogen-bond acceptors (Lipinski definition) is 23. The first-order valence-corrected chi connectivity index (χ1v) is 40.6. The molecule has 0 radical (unpaired) electrons. The molecule has 3 heterocycles. The predicted octanol–water partition coefficient (Wildman–Crippen LogP) is -3.26. The summed E-state index contributed by atoms with van der Waals surface area (Å²) in [4.78, 5) is 210. The van der Waals surface area contributed by atoms with Gasteiger partial charge in [0.15, 0.2) is 5.96 Å². The van der Waals surface area contributed by atoms with Crippen LogP contribution in [-0.4, -0.2) is 253 Å². The van der Waals surface area contributed by atoms with E-state index in [1.807, 2.05) is 36.6 Å². The summed E-state index contributed by atoms with van der Waals surface area (Å²) >= 11 is 2.84. The molecule has 1 aliphatic rings. The van der Waals surface area contributed by atoms with Crippen molar-refractivity contribution in [2.45, 2.75) is 183 Å². The number of nitrogens with zero attached hydrogens (tertiary/aromatic N) is 4. The van der Waals surface area contributed by atoms with E-state index in [9.17, 15) is 72.5 Å². The largest absolute Gasteiger partial charge is 2.00 e. The minimum Gasteiger partial charge on any atom is -0.481 e. The Kier molecular flexibility index (Phi) is 42.7. The second-order valence-electron chi connectivity index (χ2n) is 28.0. The van der Waals surface area contributed by atoms with Crippen LogP contribution in [0.3, 0.4) is 0 Å². The molecule has 1 fully saturated rings. The Hall–Kier alpha value is -10.8. The maximum absolute atomic E-state index is 15.6. The number of aldehydes is 1. The van der Waals surface area contributed by atoms with Gasteiger partial charge in [0.2, 0.25) is 76.8 Å². The van der Waals surface area contributed by atoms with Crippen molar-refractivity contribution in [1.29, 1.82) is 5.41 Å². The van der Waals surface area contributed by atoms with Crippen LogP contribution in [-0.2, 0) is 95.4 Å². The fraction of sp³-hybridized carbons (Fsp3) is 0.520. The van der Waals surface area contributed by atoms with E-state index in [1.54, 1.807) is 94.9 Å². The molecule has 1 aliphatic heterocycles. The molecule has 6 rings (SSSR count). The molecule has 1 saturated heterocycles. The van der Waals surface area contributed by atoms with Gasteiger partial charge in [-0.25, -0.2) is 12.1 Å². The van der Waals surface area contributed by atoms with Gasteiger partial charge in [-0.3, -0.25) is 77.2 Å². The number of fused-ring (bicyclic) bond motifs is 1. The van der Waals surface area contributed by atoms with Crippen molar-refractivity contribution in [3.8, 4) is 11.3 Å². The fourth-order valence-corrected chi connectivity index (χ4v) is 13.3. The normalized spacial score (nSPS) is 16.3. The number of carboxylic acids is 1. The number of para-hydroxylation sites is 1. The molecule has 0 bridgehead atoms. The summed E-state index contributed by atoms with van der Waals surface area (Å²) in [5.41, 5.74) is 30.4. The average molecular weight is 1710 g/mol. The molecular weight excluding hydrogens is 1600 g/mol. The molecule has 2 aromatic heterocycles. The monoisotopic (exact) mass is 1710 g/mol. The number of H-pyrrole nitrogens is 1. The van der Waals surface area contributed by atoms with Crippen LogP contribution in [0.25, 0.3) is 22.2 Å². The molecule has 13 amide bonds. The number of carbonyl (C=O) groups excluding carboxylic acids is 14. The van der Waals surface area contributed by atoms with E-state index in [-0.39, 0.29) is 81.2 Å². The number of aromatic amines is 1. The van der Waals surface area contributed by atoms with Crippen LogP contribution in [0.2, 0.25) is 0 Å². The summed E-state index contributed by atoms with van der Waals surface area (Å²) in [5, 5.41) is 65.2. The van der Waals surface area contributed by atoms with E-state index in [0.717, 1.165) is 4.90 Å². The van der Waals surface area contributed by atoms with Gasteiger partial charge in [0.25, 0.3) is 0 Å². The van der Waals surface area contributed by atoms with Crippen molar-refractivity contribution in [2.24, 2.45) is 40.5 Å². The molecule has 117 heavy (non-hydrogen) atoms. The summed E-state index contributed by atoms with van der Waals surface area (Å²) in [7, 11) is 0. The van der Waals surface area contributed by atoms with Crippen LogP contribution in [0, 0.1) is 17.2 Å². The number of carboxylic acid groups (broad SMARTS) is 1. The molecule has 15 atom stereocenters. The number of benzene rings is 1. The molecule has 0 unspecified atom stereocenters. The maximum Gasteiger partial charge on any atom is 2.00 e. The molecule has 25 N–H and O–H groups in total. The third kappa shape index (κ3) is 32.0. The van der Waals surface area contributed by atoms with Gasteiger partial charge in [0.1, 0.15) is 60.7 Å². The number of aliphatic carboxylic acids is 1. The first kappa shape index (κ1) is 98.6. The van der Waals surface area contributed by atoms with Crippen molar-refractivity contribution in [2.75, 3.05) is 50.3 Å². The van der Waals surface area contributed by atoms with Crippen molar-refractivity contribution in [1.82, 2.24) is 83.4 Å². The Balaban J connectivity index is 0.00000461. The molecule has 3 aromatic carbocycles. The summed E-state index contributed by atoms with van der Waals surface area (Å²) in [5.74, 6) is -15.1. The van der Waals surface area contributed by atoms with E-state index < -0.39 is 205 Å². The van der Waals surface area contributed by atoms with Crippen LogP contribution in [0.15, 0.2) is 91.3 Å². The zero-order valence-corrected chi connectivity index (χ0v) is 68.7. The molecule has 0 spiro atoms. The number of carbonyl (C=O) groups is 15. The first-order valence-electron chi connectivity index (χ1n) is 37.9. The fourth-order valence-electron chi connectivity index (χ4n) is 12.4. The maximum atomic E-state index is 15.6. The van der Waals surface area contributed by atoms with Crippen molar-refractivity contribution in [3.63, 3.8) is 0 Å². The number of amides is 13. The topological polar surface area (TPSA) is 633 Å². The Bertz CT molecular complexity index is 4100. The van der Waals surface area contributed by atoms with Crippen LogP contribution in [0.4, 0.5) is 0 Å². The number of hydrogen-bond donors (Lipinski definition) is 20. The second kappa shape index (κ2) is 50.6. The van der Waals surface area contributed by atoms with Crippen LogP contribution >= 0.6 is 23.5 Å². The Labute approximate surface area is 695 Å². The van der Waals surface area contributed by atoms with Crippen LogP contribution in [0.1, 0.15) is 110 Å². The SMILES string of the molecule is CC[C@@H](C)[C@H](NC(=O)[C@H](CC(N)=O)NC(=O)[C@H](CC(N)=O)NC(=O)[C@@H](NC(=O)[C@@H](N)CCCNC(=N)N)[C@@H](C)CC)C(=O)N1C[C@@H](n2cc(-[c-]3cccc3)nn2)C[C@H]1C(=O)N[C@@H](Cc1c[nH]c2ccccc12)C(=O)N[C@@H](CO)C(=O)N[C@@H](CCC(=O)O)C(=O)N[C@H](C=O)CN[C@@H](CCSC)C(=O)N[C@@H](CCSC)C(N)=O.[Fe+2].c1cc[cH-]c1. The van der Waals surface area contributed by atoms with Gasteiger partial charge < -0.3 is 112 Å². The predicted molar refractivity (Wildman–Crippen MR) is 432 cm³/mol. The minimum absolute atomic E-state index is 0. The summed E-state index contributed by atoms with van der Waals surface area (Å²) in [6.45, 7) is 5.01. The molecular formula is C75H110FeN22O17S2. The number of primary amides is 3. The van der Waals surface area contributed by atoms with Gasteiger partial charge in [0, 0.05) is 61.7 Å². The molecule has 42 heteroatoms. The average Bonchev–Trinajstić information content (AvgIpc) is 1.64. The second-order valence-corrected chi connectivity index (χ2v) is 30.0. The van der Waals surface area contributed by atoms with Gasteiger partial charge in [0.05, 0.1) is 43.6 Å². The molecule has 642 valence electrons. The number of rotatable bonds is 50. The number of nitrogens with one attached hydrogen (secondary N) is 13. The quantitative estimate of drug-likeness (QED) is 0.00454. The van der Waals surface area contributed by atoms with Crippen molar-refractivity contribution >= 4 is 129 Å². The number of aliphatic hydroxyl groups is 1. The standard InChI is InChI=1S/C70H105N22O17S2.C5H5.Fe/c1-7-36(3)57(87-60(100)43(71)17-13-23-77-70(75)76)68(108)85-49(28-54(72)95)64(104)83-50(29-55(73)96)65(105)88-58(37(4)8-2)69(109)91-32-41(92-33-51(89-90-92)38-14-9-10-15-38)27-53(91)67(107)84-48(26-39-30-78-44-18-12-11-16-42(39)44)63(103)86-52(35-94)66(106)82-47(19-20-56(97)98)62(102)80-40(34-93)31-79-46(22-25-111-6)61(101)81-45(59(74)99)21-24-110-5;1-2-4-5-3-1;/h9-12,14-16,18,30,33-34,36-37,40-41,43,45-50,52-53,57-58,78-79,94H,7-8,13,17,19-29,31-32,35,71H2,1-6H3,(H2,72,95)(H2,73,96)(H2,74,99)(H,80,102)(H,81,101)(H,82,106)(H,83,104)(H,84,107)(H,85,108)(H,86,103)(H,87,100)(H,88,105)(H,97,98)(H4,75,76,77);1-5H;/q2*-1;+2/t36-,37+,40-,41-,43-,45-,46-,47-,48-,49-,50-,52-,53-,57-,58-;;/m0../s1. The van der Waals surface area contributed by atoms with Gasteiger partial charge in [-0.05, 0) is 85.8 Å². The zero-order chi connectivity index (χ0) is 85.7. The first-order chi connectivity index (χ1) is 55.3. The van der Waals surface area contributed by atoms with E-state index in [4.69, 9.17) is 34.1 Å². The molecule has 39 nitrogen and oxygen atoms in total. The summed E-state index contributed by atoms with van der Waals surface area (Å²) < 4.78 is 1.43. The van der Waals surface area contributed by atoms with E-state index >= 15 is 9.59 Å². The van der Waals surface area contributed by atoms with Gasteiger partial charge >= 0.3 is 23.0 Å². The summed E-state index contributed by atoms with van der Waals surface area (Å²) in [6, 6.07) is 5.06. The third-order valence-electron chi connectivity index (χ3n) is 19.4.